The van der Waals surface area contributed by atoms with Gasteiger partial charge in [0.1, 0.15) is 5.54 Å². The second-order valence-corrected chi connectivity index (χ2v) is 14.4. The van der Waals surface area contributed by atoms with E-state index >= 15 is 0 Å². The third-order valence-corrected chi connectivity index (χ3v) is 11.6. The molecule has 8 nitrogen and oxygen atoms in total. The van der Waals surface area contributed by atoms with E-state index in [2.05, 4.69) is 33.6 Å². The molecule has 1 aliphatic carbocycles. The number of anilines is 1. The van der Waals surface area contributed by atoms with Crippen molar-refractivity contribution >= 4 is 49.6 Å². The summed E-state index contributed by atoms with van der Waals surface area (Å²) in [6, 6.07) is 15.4. The van der Waals surface area contributed by atoms with E-state index < -0.39 is 15.6 Å². The van der Waals surface area contributed by atoms with E-state index in [1.807, 2.05) is 49.5 Å². The van der Waals surface area contributed by atoms with Crippen LogP contribution in [0.2, 0.25) is 0 Å². The van der Waals surface area contributed by atoms with Crippen LogP contribution in [0, 0.1) is 0 Å². The third kappa shape index (κ3) is 5.05. The summed E-state index contributed by atoms with van der Waals surface area (Å²) in [5.41, 5.74) is 3.74. The highest BCUT2D eigenvalue weighted by atomic mass is 32.2. The second-order valence-electron chi connectivity index (χ2n) is 11.3. The maximum Gasteiger partial charge on any atom is 0.252 e. The van der Waals surface area contributed by atoms with Crippen molar-refractivity contribution < 1.29 is 18.0 Å². The molecule has 2 unspecified atom stereocenters. The first-order chi connectivity index (χ1) is 20.2. The lowest BCUT2D eigenvalue weighted by molar-refractivity contribution is -0.121. The summed E-state index contributed by atoms with van der Waals surface area (Å²) < 4.78 is 29.3. The topological polar surface area (TPSA) is 101 Å². The maximum atomic E-state index is 13.9. The molecule has 6 rings (SSSR count). The highest BCUT2D eigenvalue weighted by Gasteiger charge is 2.60. The quantitative estimate of drug-likeness (QED) is 0.275. The lowest BCUT2D eigenvalue weighted by Crippen LogP contribution is -2.48. The lowest BCUT2D eigenvalue weighted by atomic mass is 10.0. The van der Waals surface area contributed by atoms with Gasteiger partial charge in [0.2, 0.25) is 10.0 Å². The molecule has 220 valence electrons. The van der Waals surface area contributed by atoms with E-state index in [0.29, 0.717) is 37.2 Å². The van der Waals surface area contributed by atoms with Crippen LogP contribution in [0.3, 0.4) is 0 Å². The van der Waals surface area contributed by atoms with Crippen molar-refractivity contribution in [2.24, 2.45) is 0 Å². The van der Waals surface area contributed by atoms with E-state index in [1.54, 1.807) is 24.5 Å². The monoisotopic (exact) mass is 604 g/mol. The second kappa shape index (κ2) is 11.0. The number of amides is 1. The number of ketones is 1. The van der Waals surface area contributed by atoms with Crippen LogP contribution in [0.1, 0.15) is 58.1 Å². The number of hydrogen-bond donors (Lipinski definition) is 2. The summed E-state index contributed by atoms with van der Waals surface area (Å²) in [5, 5.41) is 9.38. The van der Waals surface area contributed by atoms with Gasteiger partial charge in [-0.25, -0.2) is 8.42 Å². The predicted molar refractivity (Wildman–Crippen MR) is 168 cm³/mol. The Balaban J connectivity index is 1.30. The van der Waals surface area contributed by atoms with Crippen LogP contribution in [0.15, 0.2) is 60.1 Å². The summed E-state index contributed by atoms with van der Waals surface area (Å²) in [6.45, 7) is 5.55. The Bertz CT molecular complexity index is 1780. The molecule has 1 saturated carbocycles. The van der Waals surface area contributed by atoms with Gasteiger partial charge in [0.05, 0.1) is 23.5 Å². The summed E-state index contributed by atoms with van der Waals surface area (Å²) >= 11 is 1.72. The number of aromatic nitrogens is 1. The fourth-order valence-electron chi connectivity index (χ4n) is 6.17. The molecular formula is C32H36N4O4S2. The van der Waals surface area contributed by atoms with Crippen LogP contribution in [0.25, 0.3) is 10.9 Å². The molecule has 3 heterocycles. The van der Waals surface area contributed by atoms with Crippen molar-refractivity contribution in [3.63, 3.8) is 0 Å². The van der Waals surface area contributed by atoms with Crippen molar-refractivity contribution in [2.75, 3.05) is 23.7 Å². The Hall–Kier alpha value is -3.47. The van der Waals surface area contributed by atoms with Crippen LogP contribution in [-0.4, -0.2) is 49.6 Å². The number of carbonyl (C=O) groups is 2. The molecule has 2 aromatic heterocycles. The molecule has 0 radical (unpaired) electrons. The zero-order chi connectivity index (χ0) is 29.6. The number of nitrogens with one attached hydrogen (secondary N) is 2. The average molecular weight is 605 g/mol. The molecule has 1 fully saturated rings. The fourth-order valence-corrected chi connectivity index (χ4v) is 8.21. The van der Waals surface area contributed by atoms with Gasteiger partial charge in [0.15, 0.2) is 5.78 Å². The molecule has 10 heteroatoms. The minimum atomic E-state index is -3.53. The molecule has 0 bridgehead atoms. The van der Waals surface area contributed by atoms with E-state index in [-0.39, 0.29) is 29.9 Å². The maximum absolute atomic E-state index is 13.9. The third-order valence-electron chi connectivity index (χ3n) is 8.70. The number of benzene rings is 2. The number of Topliss-reactive ketones (excluding diaryl/α,β-unsaturated/α-hetero) is 1. The van der Waals surface area contributed by atoms with Crippen LogP contribution in [0.5, 0.6) is 0 Å². The van der Waals surface area contributed by atoms with Crippen molar-refractivity contribution in [1.29, 1.82) is 0 Å². The number of thiophene rings is 1. The van der Waals surface area contributed by atoms with Gasteiger partial charge in [-0.2, -0.15) is 0 Å². The number of rotatable bonds is 10. The SMILES string of the molecule is CCc1cc(CNCC(=O)C2(NC(=O)c3cc4c5c(cn(CC)c5c3)CCS(=O)(=O)N4C)CC2c2ccccc2)cs1. The van der Waals surface area contributed by atoms with Crippen LogP contribution < -0.4 is 14.9 Å². The number of hydrogen-bond acceptors (Lipinski definition) is 6. The highest BCUT2D eigenvalue weighted by Crippen LogP contribution is 2.52. The standard InChI is InChI=1S/C32H36N4O4S2/c1-4-25-13-21(20-41-25)17-33-18-29(37)32(16-26(32)22-9-7-6-8-10-22)34-31(38)24-14-27-30-23(11-12-42(39,40)35(27)3)19-36(5-2)28(30)15-24/h6-10,13-15,19-20,26,33H,4-5,11-12,16-18H2,1-3H3,(H,34,38). The van der Waals surface area contributed by atoms with Gasteiger partial charge in [-0.1, -0.05) is 37.3 Å². The molecule has 2 aromatic carbocycles. The largest absolute Gasteiger partial charge is 0.347 e. The predicted octanol–water partition coefficient (Wildman–Crippen LogP) is 4.62. The molecule has 1 amide bonds. The first-order valence-corrected chi connectivity index (χ1v) is 17.0. The number of aryl methyl sites for hydroxylation is 3. The van der Waals surface area contributed by atoms with Gasteiger partial charge >= 0.3 is 0 Å². The summed E-state index contributed by atoms with van der Waals surface area (Å²) in [5.74, 6) is -0.569. The molecule has 0 saturated heterocycles. The van der Waals surface area contributed by atoms with Gasteiger partial charge in [0, 0.05) is 48.1 Å². The molecule has 1 aliphatic heterocycles. The molecule has 42 heavy (non-hydrogen) atoms. The minimum Gasteiger partial charge on any atom is -0.347 e. The lowest BCUT2D eigenvalue weighted by Gasteiger charge is -2.22. The van der Waals surface area contributed by atoms with Gasteiger partial charge in [-0.15, -0.1) is 11.3 Å². The number of nitrogens with zero attached hydrogens (tertiary/aromatic N) is 2. The Morgan fingerprint density at radius 1 is 1.12 bits per heavy atom. The number of sulfonamides is 1. The van der Waals surface area contributed by atoms with Gasteiger partial charge in [-0.3, -0.25) is 13.9 Å². The Labute approximate surface area is 250 Å². The van der Waals surface area contributed by atoms with Crippen molar-refractivity contribution in [2.45, 2.75) is 57.7 Å². The van der Waals surface area contributed by atoms with Gasteiger partial charge < -0.3 is 15.2 Å². The Morgan fingerprint density at radius 3 is 2.62 bits per heavy atom. The van der Waals surface area contributed by atoms with E-state index in [1.165, 1.54) is 9.18 Å². The smallest absolute Gasteiger partial charge is 0.252 e. The summed E-state index contributed by atoms with van der Waals surface area (Å²) in [6.07, 6.45) is 3.91. The van der Waals surface area contributed by atoms with E-state index in [0.717, 1.165) is 34.0 Å². The molecule has 0 spiro atoms. The molecular weight excluding hydrogens is 569 g/mol. The zero-order valence-electron chi connectivity index (χ0n) is 24.1. The first-order valence-electron chi connectivity index (χ1n) is 14.5. The van der Waals surface area contributed by atoms with Gasteiger partial charge in [0.25, 0.3) is 5.91 Å². The van der Waals surface area contributed by atoms with Crippen LogP contribution in [0.4, 0.5) is 5.69 Å². The normalized spacial score (nSPS) is 20.8. The van der Waals surface area contributed by atoms with E-state index in [9.17, 15) is 18.0 Å². The fraction of sp³-hybridized carbons (Fsp3) is 0.375. The first kappa shape index (κ1) is 28.6. The highest BCUT2D eigenvalue weighted by molar-refractivity contribution is 7.92. The summed E-state index contributed by atoms with van der Waals surface area (Å²) in [4.78, 5) is 29.0. The van der Waals surface area contributed by atoms with Crippen molar-refractivity contribution in [3.05, 3.63) is 87.2 Å². The molecule has 4 aromatic rings. The van der Waals surface area contributed by atoms with Crippen molar-refractivity contribution in [3.8, 4) is 0 Å². The van der Waals surface area contributed by atoms with Crippen LogP contribution >= 0.6 is 11.3 Å². The van der Waals surface area contributed by atoms with E-state index in [4.69, 9.17) is 0 Å². The average Bonchev–Trinajstić information content (AvgIpc) is 3.38. The Kier molecular flexibility index (Phi) is 7.49. The van der Waals surface area contributed by atoms with Crippen molar-refractivity contribution in [1.82, 2.24) is 15.2 Å². The van der Waals surface area contributed by atoms with Crippen LogP contribution in [-0.2, 0) is 40.7 Å². The molecule has 2 N–H and O–H groups in total. The Morgan fingerprint density at radius 2 is 1.90 bits per heavy atom. The minimum absolute atomic E-state index is 0.0110. The zero-order valence-corrected chi connectivity index (χ0v) is 25.8. The number of carbonyl (C=O) groups excluding carboxylic acids is 2. The molecule has 2 atom stereocenters. The van der Waals surface area contributed by atoms with Gasteiger partial charge in [-0.05, 0) is 66.5 Å². The molecule has 2 aliphatic rings. The summed E-state index contributed by atoms with van der Waals surface area (Å²) in [7, 11) is -1.98.